The third-order valence-electron chi connectivity index (χ3n) is 7.63. The molecule has 0 aliphatic carbocycles. The molecular weight excluding hydrogens is 593 g/mol. The fourth-order valence-corrected chi connectivity index (χ4v) is 5.72. The molecule has 45 heavy (non-hydrogen) atoms. The Hall–Kier alpha value is -0.990. The maximum Gasteiger partial charge on any atom is 0.306 e. The molecule has 0 aromatic rings. The standard InChI is InChI=1S/C35H70NO8P/c1-34(2,3)25-21-17-13-9-7-11-15-19-23-32(37)41-29-31(30-43-45(39,40)42-28-27-36)44-33(38)24-20-16-12-8-10-14-18-22-26-35(4,5)6/h31H,7-30,36H2,1-6H3,(H,39,40)/p-1/t31-/m0/s1. The summed E-state index contributed by atoms with van der Waals surface area (Å²) in [5, 5.41) is 0. The first-order valence-electron chi connectivity index (χ1n) is 17.8. The Morgan fingerprint density at radius 3 is 1.44 bits per heavy atom. The molecule has 0 bridgehead atoms. The number of ether oxygens (including phenoxy) is 2. The van der Waals surface area contributed by atoms with Crippen molar-refractivity contribution in [1.29, 1.82) is 0 Å². The van der Waals surface area contributed by atoms with E-state index in [1.54, 1.807) is 0 Å². The zero-order valence-electron chi connectivity index (χ0n) is 29.8. The van der Waals surface area contributed by atoms with Gasteiger partial charge in [-0.15, -0.1) is 0 Å². The summed E-state index contributed by atoms with van der Waals surface area (Å²) in [5.74, 6) is -0.870. The van der Waals surface area contributed by atoms with E-state index < -0.39 is 32.5 Å². The molecule has 1 unspecified atom stereocenters. The summed E-state index contributed by atoms with van der Waals surface area (Å²) in [6.45, 7) is 12.7. The summed E-state index contributed by atoms with van der Waals surface area (Å²) in [7, 11) is -4.61. The summed E-state index contributed by atoms with van der Waals surface area (Å²) in [6.07, 6.45) is 19.7. The van der Waals surface area contributed by atoms with Gasteiger partial charge in [-0.3, -0.25) is 14.2 Å². The molecule has 10 heteroatoms. The van der Waals surface area contributed by atoms with Crippen molar-refractivity contribution in [3.63, 3.8) is 0 Å². The van der Waals surface area contributed by atoms with E-state index in [9.17, 15) is 19.0 Å². The lowest BCUT2D eigenvalue weighted by atomic mass is 9.89. The monoisotopic (exact) mass is 662 g/mol. The number of carbonyl (C=O) groups is 2. The first-order chi connectivity index (χ1) is 21.1. The minimum Gasteiger partial charge on any atom is -0.756 e. The number of esters is 2. The van der Waals surface area contributed by atoms with Crippen LogP contribution in [0, 0.1) is 10.8 Å². The van der Waals surface area contributed by atoms with E-state index in [1.165, 1.54) is 70.6 Å². The van der Waals surface area contributed by atoms with Gasteiger partial charge in [0.15, 0.2) is 6.10 Å². The van der Waals surface area contributed by atoms with E-state index in [0.717, 1.165) is 38.5 Å². The average Bonchev–Trinajstić information content (AvgIpc) is 2.94. The summed E-state index contributed by atoms with van der Waals surface area (Å²) in [4.78, 5) is 36.7. The lowest BCUT2D eigenvalue weighted by Crippen LogP contribution is -2.30. The molecule has 0 amide bonds. The number of unbranched alkanes of at least 4 members (excludes halogenated alkanes) is 14. The molecule has 9 nitrogen and oxygen atoms in total. The molecule has 0 saturated carbocycles. The summed E-state index contributed by atoms with van der Waals surface area (Å²) < 4.78 is 32.2. The number of hydrogen-bond acceptors (Lipinski definition) is 9. The predicted molar refractivity (Wildman–Crippen MR) is 181 cm³/mol. The molecule has 0 aliphatic rings. The van der Waals surface area contributed by atoms with Crippen LogP contribution >= 0.6 is 7.82 Å². The second-order valence-electron chi connectivity index (χ2n) is 14.9. The number of phosphoric acid groups is 1. The van der Waals surface area contributed by atoms with Gasteiger partial charge in [0.2, 0.25) is 0 Å². The van der Waals surface area contributed by atoms with Crippen LogP contribution in [0.25, 0.3) is 0 Å². The van der Waals surface area contributed by atoms with Crippen molar-refractivity contribution in [2.75, 3.05) is 26.4 Å². The topological polar surface area (TPSA) is 137 Å². The van der Waals surface area contributed by atoms with Crippen LogP contribution in [0.1, 0.15) is 170 Å². The lowest BCUT2D eigenvalue weighted by Gasteiger charge is -2.25. The second kappa shape index (κ2) is 26.0. The van der Waals surface area contributed by atoms with Gasteiger partial charge in [-0.2, -0.15) is 0 Å². The third-order valence-corrected chi connectivity index (χ3v) is 8.59. The second-order valence-corrected chi connectivity index (χ2v) is 16.3. The first kappa shape index (κ1) is 44.0. The Bertz CT molecular complexity index is 793. The minimum absolute atomic E-state index is 0.0142. The van der Waals surface area contributed by atoms with Crippen LogP contribution in [-0.2, 0) is 32.7 Å². The zero-order valence-corrected chi connectivity index (χ0v) is 30.7. The molecule has 0 heterocycles. The molecule has 2 atom stereocenters. The highest BCUT2D eigenvalue weighted by Gasteiger charge is 2.21. The maximum absolute atomic E-state index is 12.5. The maximum atomic E-state index is 12.5. The van der Waals surface area contributed by atoms with Crippen molar-refractivity contribution in [3.05, 3.63) is 0 Å². The van der Waals surface area contributed by atoms with Gasteiger partial charge in [-0.1, -0.05) is 131 Å². The van der Waals surface area contributed by atoms with Crippen molar-refractivity contribution < 1.29 is 37.6 Å². The van der Waals surface area contributed by atoms with E-state index in [2.05, 4.69) is 46.1 Å². The molecule has 268 valence electrons. The Kier molecular flexibility index (Phi) is 25.4. The molecule has 0 rings (SSSR count). The first-order valence-corrected chi connectivity index (χ1v) is 19.2. The highest BCUT2D eigenvalue weighted by atomic mass is 31.2. The van der Waals surface area contributed by atoms with Crippen molar-refractivity contribution in [2.45, 2.75) is 176 Å². The predicted octanol–water partition coefficient (Wildman–Crippen LogP) is 8.80. The van der Waals surface area contributed by atoms with Crippen LogP contribution < -0.4 is 10.6 Å². The SMILES string of the molecule is CC(C)(C)CCCCCCCCCCC(=O)OC[C@@H](COP(=O)([O-])OCCN)OC(=O)CCCCCCCCCCC(C)(C)C. The highest BCUT2D eigenvalue weighted by Crippen LogP contribution is 2.38. The quantitative estimate of drug-likeness (QED) is 0.0473. The van der Waals surface area contributed by atoms with Gasteiger partial charge in [-0.05, 0) is 36.5 Å². The Labute approximate surface area is 276 Å². The number of phosphoric ester groups is 1. The summed E-state index contributed by atoms with van der Waals surface area (Å²) >= 11 is 0. The van der Waals surface area contributed by atoms with Gasteiger partial charge >= 0.3 is 11.9 Å². The smallest absolute Gasteiger partial charge is 0.306 e. The molecule has 0 fully saturated rings. The average molecular weight is 663 g/mol. The number of nitrogens with two attached hydrogens (primary N) is 1. The van der Waals surface area contributed by atoms with Crippen molar-refractivity contribution >= 4 is 19.8 Å². The largest absolute Gasteiger partial charge is 0.756 e. The summed E-state index contributed by atoms with van der Waals surface area (Å²) in [6, 6.07) is 0. The lowest BCUT2D eigenvalue weighted by molar-refractivity contribution is -0.228. The molecule has 0 aliphatic heterocycles. The minimum atomic E-state index is -4.61. The van der Waals surface area contributed by atoms with Crippen LogP contribution in [0.15, 0.2) is 0 Å². The van der Waals surface area contributed by atoms with E-state index in [0.29, 0.717) is 17.3 Å². The van der Waals surface area contributed by atoms with E-state index in [1.807, 2.05) is 0 Å². The zero-order chi connectivity index (χ0) is 34.0. The highest BCUT2D eigenvalue weighted by molar-refractivity contribution is 7.45. The van der Waals surface area contributed by atoms with Gasteiger partial charge in [0, 0.05) is 19.4 Å². The van der Waals surface area contributed by atoms with Crippen molar-refractivity contribution in [1.82, 2.24) is 0 Å². The van der Waals surface area contributed by atoms with Gasteiger partial charge < -0.3 is 29.1 Å². The molecule has 0 radical (unpaired) electrons. The number of carbonyl (C=O) groups excluding carboxylic acids is 2. The normalized spacial score (nSPS) is 14.2. The Morgan fingerprint density at radius 1 is 0.622 bits per heavy atom. The summed E-state index contributed by atoms with van der Waals surface area (Å²) in [5.41, 5.74) is 6.10. The van der Waals surface area contributed by atoms with Crippen molar-refractivity contribution in [3.8, 4) is 0 Å². The van der Waals surface area contributed by atoms with Gasteiger partial charge in [0.25, 0.3) is 7.82 Å². The molecule has 2 N–H and O–H groups in total. The van der Waals surface area contributed by atoms with E-state index >= 15 is 0 Å². The van der Waals surface area contributed by atoms with Crippen LogP contribution in [0.2, 0.25) is 0 Å². The van der Waals surface area contributed by atoms with Crippen molar-refractivity contribution in [2.24, 2.45) is 16.6 Å². The molecular formula is C35H69NO8P-. The Balaban J connectivity index is 4.29. The van der Waals surface area contributed by atoms with Gasteiger partial charge in [0.05, 0.1) is 13.2 Å². The fourth-order valence-electron chi connectivity index (χ4n) is 4.97. The number of hydrogen-bond donors (Lipinski definition) is 1. The van der Waals surface area contributed by atoms with E-state index in [4.69, 9.17) is 19.7 Å². The van der Waals surface area contributed by atoms with Crippen LogP contribution in [0.5, 0.6) is 0 Å². The van der Waals surface area contributed by atoms with Crippen LogP contribution in [0.3, 0.4) is 0 Å². The molecule has 0 spiro atoms. The van der Waals surface area contributed by atoms with E-state index in [-0.39, 0.29) is 32.6 Å². The van der Waals surface area contributed by atoms with Crippen LogP contribution in [-0.4, -0.2) is 44.4 Å². The number of rotatable bonds is 29. The molecule has 0 saturated heterocycles. The third kappa shape index (κ3) is 32.7. The van der Waals surface area contributed by atoms with Crippen LogP contribution in [0.4, 0.5) is 0 Å². The molecule has 0 aromatic heterocycles. The van der Waals surface area contributed by atoms with Gasteiger partial charge in [0.1, 0.15) is 6.61 Å². The fraction of sp³-hybridized carbons (Fsp3) is 0.943. The Morgan fingerprint density at radius 2 is 1.02 bits per heavy atom. The van der Waals surface area contributed by atoms with Gasteiger partial charge in [-0.25, -0.2) is 0 Å². The molecule has 0 aromatic carbocycles.